The van der Waals surface area contributed by atoms with Crippen molar-refractivity contribution in [2.24, 2.45) is 0 Å². The van der Waals surface area contributed by atoms with Crippen molar-refractivity contribution in [2.75, 3.05) is 0 Å². The second-order valence-corrected chi connectivity index (χ2v) is 3.41. The highest BCUT2D eigenvalue weighted by atomic mass is 16.3. The Morgan fingerprint density at radius 1 is 1.53 bits per heavy atom. The summed E-state index contributed by atoms with van der Waals surface area (Å²) in [5, 5.41) is 9.96. The van der Waals surface area contributed by atoms with Crippen LogP contribution in [0.4, 0.5) is 0 Å². The minimum Gasteiger partial charge on any atom is -0.388 e. The van der Waals surface area contributed by atoms with E-state index in [1.165, 1.54) is 0 Å². The highest BCUT2D eigenvalue weighted by Gasteiger charge is 2.10. The third-order valence-electron chi connectivity index (χ3n) is 2.40. The van der Waals surface area contributed by atoms with Crippen LogP contribution < -0.4 is 0 Å². The van der Waals surface area contributed by atoms with Gasteiger partial charge in [-0.15, -0.1) is 11.8 Å². The molecule has 1 atom stereocenters. The Kier molecular flexibility index (Phi) is 4.86. The van der Waals surface area contributed by atoms with E-state index in [4.69, 9.17) is 0 Å². The van der Waals surface area contributed by atoms with Crippen LogP contribution >= 0.6 is 0 Å². The summed E-state index contributed by atoms with van der Waals surface area (Å²) in [6.45, 7) is 3.88. The van der Waals surface area contributed by atoms with E-state index in [1.54, 1.807) is 6.20 Å². The lowest BCUT2D eigenvalue weighted by molar-refractivity contribution is 0.168. The number of aromatic nitrogens is 1. The molecule has 0 fully saturated rings. The van der Waals surface area contributed by atoms with E-state index in [2.05, 4.69) is 23.7 Å². The van der Waals surface area contributed by atoms with Crippen molar-refractivity contribution in [3.63, 3.8) is 0 Å². The van der Waals surface area contributed by atoms with Crippen molar-refractivity contribution in [3.8, 4) is 11.8 Å². The standard InChI is InChI=1S/C13H17NO/c1-3-5-6-7-13(15)12-8-9-14-10-11(12)4-2/h8-10,13,15H,4,6-7H2,1-2H3. The molecule has 0 aromatic carbocycles. The third-order valence-corrected chi connectivity index (χ3v) is 2.40. The zero-order chi connectivity index (χ0) is 11.1. The fourth-order valence-electron chi connectivity index (χ4n) is 1.55. The third kappa shape index (κ3) is 3.38. The number of aliphatic hydroxyl groups is 1. The minimum absolute atomic E-state index is 0.413. The first-order valence-electron chi connectivity index (χ1n) is 5.30. The zero-order valence-corrected chi connectivity index (χ0v) is 9.33. The molecule has 0 bridgehead atoms. The molecule has 0 aliphatic rings. The number of rotatable bonds is 4. The summed E-state index contributed by atoms with van der Waals surface area (Å²) in [5.41, 5.74) is 2.11. The molecule has 2 nitrogen and oxygen atoms in total. The average Bonchev–Trinajstić information content (AvgIpc) is 2.29. The zero-order valence-electron chi connectivity index (χ0n) is 9.33. The van der Waals surface area contributed by atoms with Crippen LogP contribution in [0, 0.1) is 11.8 Å². The van der Waals surface area contributed by atoms with E-state index in [0.29, 0.717) is 6.42 Å². The molecule has 0 spiro atoms. The first-order chi connectivity index (χ1) is 7.29. The van der Waals surface area contributed by atoms with Gasteiger partial charge in [0, 0.05) is 18.8 Å². The Morgan fingerprint density at radius 3 is 3.00 bits per heavy atom. The Balaban J connectivity index is 2.70. The first kappa shape index (κ1) is 11.7. The monoisotopic (exact) mass is 203 g/mol. The van der Waals surface area contributed by atoms with Gasteiger partial charge < -0.3 is 5.11 Å². The van der Waals surface area contributed by atoms with E-state index < -0.39 is 6.10 Å². The Bertz CT molecular complexity index is 362. The summed E-state index contributed by atoms with van der Waals surface area (Å²) >= 11 is 0. The van der Waals surface area contributed by atoms with E-state index >= 15 is 0 Å². The van der Waals surface area contributed by atoms with Gasteiger partial charge in [-0.2, -0.15) is 0 Å². The van der Waals surface area contributed by atoms with Gasteiger partial charge in [0.15, 0.2) is 0 Å². The average molecular weight is 203 g/mol. The van der Waals surface area contributed by atoms with E-state index in [0.717, 1.165) is 24.0 Å². The molecule has 1 rings (SSSR count). The summed E-state index contributed by atoms with van der Waals surface area (Å²) in [7, 11) is 0. The van der Waals surface area contributed by atoms with Crippen molar-refractivity contribution in [2.45, 2.75) is 39.2 Å². The van der Waals surface area contributed by atoms with E-state index in [-0.39, 0.29) is 0 Å². The van der Waals surface area contributed by atoms with Crippen LogP contribution in [0.15, 0.2) is 18.5 Å². The lowest BCUT2D eigenvalue weighted by Crippen LogP contribution is -2.01. The highest BCUT2D eigenvalue weighted by Crippen LogP contribution is 2.21. The quantitative estimate of drug-likeness (QED) is 0.763. The van der Waals surface area contributed by atoms with Gasteiger partial charge in [0.1, 0.15) is 0 Å². The predicted molar refractivity (Wildman–Crippen MR) is 61.3 cm³/mol. The Morgan fingerprint density at radius 2 is 2.33 bits per heavy atom. The maximum absolute atomic E-state index is 9.96. The fraction of sp³-hybridized carbons (Fsp3) is 0.462. The molecule has 0 aliphatic heterocycles. The molecule has 80 valence electrons. The predicted octanol–water partition coefficient (Wildman–Crippen LogP) is 2.48. The van der Waals surface area contributed by atoms with E-state index in [1.807, 2.05) is 19.2 Å². The molecule has 0 saturated heterocycles. The molecular formula is C13H17NO. The molecule has 1 aromatic heterocycles. The first-order valence-corrected chi connectivity index (χ1v) is 5.30. The van der Waals surface area contributed by atoms with Gasteiger partial charge in [-0.1, -0.05) is 6.92 Å². The van der Waals surface area contributed by atoms with Gasteiger partial charge in [0.2, 0.25) is 0 Å². The van der Waals surface area contributed by atoms with Crippen LogP contribution in [0.1, 0.15) is 43.9 Å². The number of aryl methyl sites for hydroxylation is 1. The molecule has 0 amide bonds. The molecule has 0 saturated carbocycles. The van der Waals surface area contributed by atoms with Gasteiger partial charge in [-0.3, -0.25) is 4.98 Å². The van der Waals surface area contributed by atoms with Crippen LogP contribution in [-0.4, -0.2) is 10.1 Å². The van der Waals surface area contributed by atoms with Crippen molar-refractivity contribution in [1.29, 1.82) is 0 Å². The van der Waals surface area contributed by atoms with Gasteiger partial charge >= 0.3 is 0 Å². The normalized spacial score (nSPS) is 11.7. The molecule has 2 heteroatoms. The molecule has 1 N–H and O–H groups in total. The maximum Gasteiger partial charge on any atom is 0.0802 e. The Labute approximate surface area is 91.4 Å². The van der Waals surface area contributed by atoms with Crippen molar-refractivity contribution in [1.82, 2.24) is 4.98 Å². The van der Waals surface area contributed by atoms with Gasteiger partial charge in [0.05, 0.1) is 6.10 Å². The van der Waals surface area contributed by atoms with Crippen LogP contribution in [0.3, 0.4) is 0 Å². The number of pyridine rings is 1. The lowest BCUT2D eigenvalue weighted by atomic mass is 10.00. The number of nitrogens with zero attached hydrogens (tertiary/aromatic N) is 1. The summed E-state index contributed by atoms with van der Waals surface area (Å²) < 4.78 is 0. The maximum atomic E-state index is 9.96. The molecule has 1 aromatic rings. The van der Waals surface area contributed by atoms with Crippen molar-refractivity contribution < 1.29 is 5.11 Å². The number of aliphatic hydroxyl groups excluding tert-OH is 1. The summed E-state index contributed by atoms with van der Waals surface area (Å²) in [4.78, 5) is 4.06. The number of hydrogen-bond acceptors (Lipinski definition) is 2. The van der Waals surface area contributed by atoms with Crippen LogP contribution in [0.5, 0.6) is 0 Å². The molecule has 1 heterocycles. The Hall–Kier alpha value is -1.33. The summed E-state index contributed by atoms with van der Waals surface area (Å²) in [5.74, 6) is 5.79. The summed E-state index contributed by atoms with van der Waals surface area (Å²) in [6, 6.07) is 1.89. The van der Waals surface area contributed by atoms with Crippen molar-refractivity contribution >= 4 is 0 Å². The fourth-order valence-corrected chi connectivity index (χ4v) is 1.55. The topological polar surface area (TPSA) is 33.1 Å². The van der Waals surface area contributed by atoms with Crippen molar-refractivity contribution in [3.05, 3.63) is 29.6 Å². The number of hydrogen-bond donors (Lipinski definition) is 1. The molecule has 1 unspecified atom stereocenters. The van der Waals surface area contributed by atoms with Gasteiger partial charge in [-0.05, 0) is 37.0 Å². The summed E-state index contributed by atoms with van der Waals surface area (Å²) in [6.07, 6.45) is 5.47. The second kappa shape index (κ2) is 6.21. The smallest absolute Gasteiger partial charge is 0.0802 e. The largest absolute Gasteiger partial charge is 0.388 e. The second-order valence-electron chi connectivity index (χ2n) is 3.41. The van der Waals surface area contributed by atoms with Crippen LogP contribution in [0.25, 0.3) is 0 Å². The van der Waals surface area contributed by atoms with Crippen LogP contribution in [0.2, 0.25) is 0 Å². The van der Waals surface area contributed by atoms with Gasteiger partial charge in [-0.25, -0.2) is 0 Å². The van der Waals surface area contributed by atoms with Crippen LogP contribution in [-0.2, 0) is 6.42 Å². The lowest BCUT2D eigenvalue weighted by Gasteiger charge is -2.12. The molecule has 0 radical (unpaired) electrons. The molecular weight excluding hydrogens is 186 g/mol. The highest BCUT2D eigenvalue weighted by molar-refractivity contribution is 5.25. The van der Waals surface area contributed by atoms with E-state index in [9.17, 15) is 5.11 Å². The minimum atomic E-state index is -0.413. The molecule has 15 heavy (non-hydrogen) atoms. The van der Waals surface area contributed by atoms with Gasteiger partial charge in [0.25, 0.3) is 0 Å². The molecule has 0 aliphatic carbocycles. The SMILES string of the molecule is CC#CCCC(O)c1ccncc1CC.